The van der Waals surface area contributed by atoms with Crippen molar-refractivity contribution in [1.29, 1.82) is 0 Å². The van der Waals surface area contributed by atoms with E-state index < -0.39 is 0 Å². The molecule has 0 fully saturated rings. The van der Waals surface area contributed by atoms with E-state index in [0.717, 1.165) is 23.0 Å². The molecular weight excluding hydrogens is 410 g/mol. The highest BCUT2D eigenvalue weighted by Gasteiger charge is 2.10. The van der Waals surface area contributed by atoms with E-state index in [9.17, 15) is 9.90 Å². The number of hydrogen-bond donors (Lipinski definition) is 1. The zero-order chi connectivity index (χ0) is 22.6. The second-order valence-electron chi connectivity index (χ2n) is 8.07. The summed E-state index contributed by atoms with van der Waals surface area (Å²) in [6.45, 7) is 1.22. The van der Waals surface area contributed by atoms with Gasteiger partial charge in [0.1, 0.15) is 5.82 Å². The molecule has 2 heterocycles. The van der Waals surface area contributed by atoms with E-state index in [4.69, 9.17) is 4.98 Å². The monoisotopic (exact) mass is 435 g/mol. The fourth-order valence-corrected chi connectivity index (χ4v) is 4.24. The SMILES string of the molecule is O=c1c2ccccc2nc(C=Cc2cn(Cc3ccccc3)c3ccccc23)n1CCCO. The van der Waals surface area contributed by atoms with Crippen LogP contribution in [0.4, 0.5) is 0 Å². The van der Waals surface area contributed by atoms with E-state index in [1.807, 2.05) is 42.5 Å². The molecule has 33 heavy (non-hydrogen) atoms. The molecular formula is C28H25N3O2. The number of hydrogen-bond acceptors (Lipinski definition) is 3. The van der Waals surface area contributed by atoms with Gasteiger partial charge in [0.2, 0.25) is 0 Å². The minimum atomic E-state index is -0.0831. The van der Waals surface area contributed by atoms with Gasteiger partial charge in [-0.2, -0.15) is 0 Å². The highest BCUT2D eigenvalue weighted by atomic mass is 16.3. The molecule has 0 spiro atoms. The van der Waals surface area contributed by atoms with Gasteiger partial charge in [-0.3, -0.25) is 9.36 Å². The third kappa shape index (κ3) is 4.23. The molecule has 0 saturated carbocycles. The fourth-order valence-electron chi connectivity index (χ4n) is 4.24. The van der Waals surface area contributed by atoms with Crippen molar-refractivity contribution in [2.24, 2.45) is 0 Å². The Bertz CT molecular complexity index is 1500. The third-order valence-electron chi connectivity index (χ3n) is 5.86. The van der Waals surface area contributed by atoms with Gasteiger partial charge in [-0.15, -0.1) is 0 Å². The summed E-state index contributed by atoms with van der Waals surface area (Å²) in [6, 6.07) is 26.1. The largest absolute Gasteiger partial charge is 0.396 e. The zero-order valence-electron chi connectivity index (χ0n) is 18.3. The van der Waals surface area contributed by atoms with Crippen LogP contribution in [0.3, 0.4) is 0 Å². The molecule has 3 aromatic carbocycles. The van der Waals surface area contributed by atoms with Crippen molar-refractivity contribution >= 4 is 34.0 Å². The van der Waals surface area contributed by atoms with Crippen LogP contribution in [0.2, 0.25) is 0 Å². The van der Waals surface area contributed by atoms with Crippen LogP contribution < -0.4 is 5.56 Å². The lowest BCUT2D eigenvalue weighted by Crippen LogP contribution is -2.24. The van der Waals surface area contributed by atoms with Crippen LogP contribution in [0.5, 0.6) is 0 Å². The molecule has 0 unspecified atom stereocenters. The van der Waals surface area contributed by atoms with Crippen molar-refractivity contribution < 1.29 is 5.11 Å². The first-order valence-electron chi connectivity index (χ1n) is 11.1. The molecule has 5 nitrogen and oxygen atoms in total. The Morgan fingerprint density at radius 1 is 0.848 bits per heavy atom. The quantitative estimate of drug-likeness (QED) is 0.393. The van der Waals surface area contributed by atoms with E-state index in [-0.39, 0.29) is 12.2 Å². The van der Waals surface area contributed by atoms with Crippen molar-refractivity contribution in [2.45, 2.75) is 19.5 Å². The van der Waals surface area contributed by atoms with Crippen molar-refractivity contribution in [1.82, 2.24) is 14.1 Å². The summed E-state index contributed by atoms with van der Waals surface area (Å²) in [5, 5.41) is 11.1. The highest BCUT2D eigenvalue weighted by molar-refractivity contribution is 5.92. The van der Waals surface area contributed by atoms with E-state index in [2.05, 4.69) is 53.2 Å². The lowest BCUT2D eigenvalue weighted by molar-refractivity contribution is 0.278. The van der Waals surface area contributed by atoms with Gasteiger partial charge in [0, 0.05) is 42.4 Å². The van der Waals surface area contributed by atoms with Gasteiger partial charge in [0.25, 0.3) is 5.56 Å². The number of benzene rings is 3. The molecule has 164 valence electrons. The van der Waals surface area contributed by atoms with Crippen molar-refractivity contribution in [3.8, 4) is 0 Å². The molecule has 0 atom stereocenters. The summed E-state index contributed by atoms with van der Waals surface area (Å²) in [7, 11) is 0. The molecule has 2 aromatic heterocycles. The van der Waals surface area contributed by atoms with Gasteiger partial charge in [0.15, 0.2) is 0 Å². The number of aliphatic hydroxyl groups is 1. The van der Waals surface area contributed by atoms with Gasteiger partial charge in [-0.05, 0) is 42.3 Å². The van der Waals surface area contributed by atoms with Crippen LogP contribution in [-0.2, 0) is 13.1 Å². The topological polar surface area (TPSA) is 60.0 Å². The Morgan fingerprint density at radius 2 is 1.58 bits per heavy atom. The molecule has 0 bridgehead atoms. The third-order valence-corrected chi connectivity index (χ3v) is 5.86. The smallest absolute Gasteiger partial charge is 0.261 e. The number of aliphatic hydroxyl groups excluding tert-OH is 1. The Balaban J connectivity index is 1.58. The maximum absolute atomic E-state index is 13.1. The summed E-state index contributed by atoms with van der Waals surface area (Å²) < 4.78 is 3.90. The summed E-state index contributed by atoms with van der Waals surface area (Å²) in [6.07, 6.45) is 6.57. The van der Waals surface area contributed by atoms with Crippen LogP contribution in [0.25, 0.3) is 34.0 Å². The second-order valence-corrected chi connectivity index (χ2v) is 8.07. The Hall–Kier alpha value is -3.96. The van der Waals surface area contributed by atoms with Crippen molar-refractivity contribution in [2.75, 3.05) is 6.61 Å². The van der Waals surface area contributed by atoms with Gasteiger partial charge >= 0.3 is 0 Å². The molecule has 0 aliphatic carbocycles. The lowest BCUT2D eigenvalue weighted by atomic mass is 10.1. The van der Waals surface area contributed by atoms with Gasteiger partial charge in [-0.1, -0.05) is 60.7 Å². The minimum absolute atomic E-state index is 0.0232. The predicted octanol–water partition coefficient (Wildman–Crippen LogP) is 4.95. The maximum Gasteiger partial charge on any atom is 0.261 e. The van der Waals surface area contributed by atoms with Crippen molar-refractivity contribution in [3.05, 3.63) is 112 Å². The second kappa shape index (κ2) is 9.27. The number of para-hydroxylation sites is 2. The normalized spacial score (nSPS) is 11.7. The fraction of sp³-hybridized carbons (Fsp3) is 0.143. The van der Waals surface area contributed by atoms with Gasteiger partial charge in [-0.25, -0.2) is 4.98 Å². The molecule has 0 aliphatic rings. The van der Waals surface area contributed by atoms with Crippen LogP contribution in [-0.4, -0.2) is 25.8 Å². The van der Waals surface area contributed by atoms with E-state index in [1.54, 1.807) is 10.6 Å². The summed E-state index contributed by atoms with van der Waals surface area (Å²) in [5.41, 5.74) is 4.06. The summed E-state index contributed by atoms with van der Waals surface area (Å²) in [4.78, 5) is 17.8. The Labute approximate surface area is 191 Å². The molecule has 0 saturated heterocycles. The molecule has 0 aliphatic heterocycles. The molecule has 5 heteroatoms. The summed E-state index contributed by atoms with van der Waals surface area (Å²) >= 11 is 0. The first-order valence-corrected chi connectivity index (χ1v) is 11.1. The Kier molecular flexibility index (Phi) is 5.87. The Morgan fingerprint density at radius 3 is 2.39 bits per heavy atom. The van der Waals surface area contributed by atoms with Gasteiger partial charge < -0.3 is 9.67 Å². The van der Waals surface area contributed by atoms with E-state index in [0.29, 0.717) is 29.7 Å². The molecule has 5 rings (SSSR count). The number of nitrogens with zero attached hydrogens (tertiary/aromatic N) is 3. The van der Waals surface area contributed by atoms with Crippen molar-refractivity contribution in [3.63, 3.8) is 0 Å². The predicted molar refractivity (Wildman–Crippen MR) is 134 cm³/mol. The molecule has 0 amide bonds. The number of rotatable bonds is 7. The van der Waals surface area contributed by atoms with Crippen LogP contribution >= 0.6 is 0 Å². The van der Waals surface area contributed by atoms with Crippen LogP contribution in [0.15, 0.2) is 89.9 Å². The first kappa shape index (κ1) is 20.9. The number of aromatic nitrogens is 3. The van der Waals surface area contributed by atoms with Crippen LogP contribution in [0, 0.1) is 0 Å². The average molecular weight is 436 g/mol. The highest BCUT2D eigenvalue weighted by Crippen LogP contribution is 2.24. The minimum Gasteiger partial charge on any atom is -0.396 e. The van der Waals surface area contributed by atoms with E-state index in [1.165, 1.54) is 5.56 Å². The molecule has 5 aromatic rings. The number of fused-ring (bicyclic) bond motifs is 2. The standard InChI is InChI=1S/C28H25N3O2/c32-18-8-17-31-27(29-25-13-6-4-12-24(25)28(31)33)16-15-22-20-30(19-21-9-2-1-3-10-21)26-14-7-5-11-23(22)26/h1-7,9-16,20,32H,8,17-19H2. The lowest BCUT2D eigenvalue weighted by Gasteiger charge is -2.10. The van der Waals surface area contributed by atoms with E-state index >= 15 is 0 Å². The zero-order valence-corrected chi connectivity index (χ0v) is 18.3. The summed E-state index contributed by atoms with van der Waals surface area (Å²) in [5.74, 6) is 0.590. The maximum atomic E-state index is 13.1. The molecule has 1 N–H and O–H groups in total. The van der Waals surface area contributed by atoms with Gasteiger partial charge in [0.05, 0.1) is 10.9 Å². The average Bonchev–Trinajstić information content (AvgIpc) is 3.20. The van der Waals surface area contributed by atoms with Crippen LogP contribution in [0.1, 0.15) is 23.4 Å². The molecule has 0 radical (unpaired) electrons. The first-order chi connectivity index (χ1) is 16.2.